The molecule has 0 unspecified atom stereocenters. The van der Waals surface area contributed by atoms with Crippen molar-refractivity contribution in [3.05, 3.63) is 0 Å². The van der Waals surface area contributed by atoms with E-state index in [1.165, 1.54) is 0 Å². The topological polar surface area (TPSA) is 35.5 Å². The molecular weight excluding hydrogens is 244 g/mol. The lowest BCUT2D eigenvalue weighted by atomic mass is 10.2. The Labute approximate surface area is 112 Å². The molecule has 104 valence electrons. The van der Waals surface area contributed by atoms with Gasteiger partial charge in [0.05, 0.1) is 6.61 Å². The molecule has 0 saturated carbocycles. The van der Waals surface area contributed by atoms with Crippen LogP contribution < -0.4 is 0 Å². The second-order valence-electron chi connectivity index (χ2n) is 5.76. The van der Waals surface area contributed by atoms with Crippen LogP contribution in [0, 0.1) is 11.8 Å². The standard InChI is InChI=1S/C14H26O3Si/c1-8-12(10-11-13(15)16-9-2)17-18(6,7)14(3,4)5/h12H,8-9H2,1-7H3/t12-/m0/s1. The summed E-state index contributed by atoms with van der Waals surface area (Å²) in [7, 11) is -1.83. The quantitative estimate of drug-likeness (QED) is 0.340. The van der Waals surface area contributed by atoms with Crippen molar-refractivity contribution in [2.75, 3.05) is 6.61 Å². The molecule has 0 aliphatic carbocycles. The summed E-state index contributed by atoms with van der Waals surface area (Å²) >= 11 is 0. The third-order valence-electron chi connectivity index (χ3n) is 3.22. The molecule has 0 amide bonds. The predicted molar refractivity (Wildman–Crippen MR) is 76.8 cm³/mol. The Hall–Kier alpha value is -0.793. The van der Waals surface area contributed by atoms with E-state index in [1.807, 2.05) is 6.92 Å². The van der Waals surface area contributed by atoms with Gasteiger partial charge in [0, 0.05) is 5.92 Å². The van der Waals surface area contributed by atoms with Crippen molar-refractivity contribution in [1.29, 1.82) is 0 Å². The molecule has 0 aromatic rings. The Balaban J connectivity index is 4.68. The van der Waals surface area contributed by atoms with Crippen LogP contribution in [0.15, 0.2) is 0 Å². The van der Waals surface area contributed by atoms with Crippen LogP contribution in [-0.2, 0) is 14.0 Å². The fraction of sp³-hybridized carbons (Fsp3) is 0.786. The summed E-state index contributed by atoms with van der Waals surface area (Å²) < 4.78 is 10.9. The number of carbonyl (C=O) groups is 1. The lowest BCUT2D eigenvalue weighted by molar-refractivity contribution is -0.136. The lowest BCUT2D eigenvalue weighted by Crippen LogP contribution is -2.43. The van der Waals surface area contributed by atoms with Crippen molar-refractivity contribution >= 4 is 14.3 Å². The number of hydrogen-bond acceptors (Lipinski definition) is 3. The van der Waals surface area contributed by atoms with E-state index in [1.54, 1.807) is 6.92 Å². The molecule has 0 aromatic carbocycles. The molecule has 0 aromatic heterocycles. The van der Waals surface area contributed by atoms with E-state index in [-0.39, 0.29) is 11.1 Å². The lowest BCUT2D eigenvalue weighted by Gasteiger charge is -2.37. The molecule has 0 heterocycles. The molecule has 0 N–H and O–H groups in total. The normalized spacial score (nSPS) is 13.5. The number of esters is 1. The molecule has 3 nitrogen and oxygen atoms in total. The number of ether oxygens (including phenoxy) is 1. The van der Waals surface area contributed by atoms with Crippen molar-refractivity contribution in [3.63, 3.8) is 0 Å². The molecule has 4 heteroatoms. The molecule has 18 heavy (non-hydrogen) atoms. The number of carbonyl (C=O) groups excluding carboxylic acids is 1. The van der Waals surface area contributed by atoms with Gasteiger partial charge in [-0.15, -0.1) is 0 Å². The SMILES string of the molecule is CCOC(=O)C#C[C@H](CC)O[Si](C)(C)C(C)(C)C. The van der Waals surface area contributed by atoms with Crippen LogP contribution in [0.2, 0.25) is 18.1 Å². The molecule has 0 aliphatic heterocycles. The fourth-order valence-electron chi connectivity index (χ4n) is 1.05. The monoisotopic (exact) mass is 270 g/mol. The predicted octanol–water partition coefficient (Wildman–Crippen LogP) is 3.35. The van der Waals surface area contributed by atoms with Crippen LogP contribution in [0.25, 0.3) is 0 Å². The van der Waals surface area contributed by atoms with Crippen LogP contribution in [0.1, 0.15) is 41.0 Å². The zero-order chi connectivity index (χ0) is 14.4. The second-order valence-corrected chi connectivity index (χ2v) is 10.5. The first kappa shape index (κ1) is 17.2. The number of hydrogen-bond donors (Lipinski definition) is 0. The Morgan fingerprint density at radius 1 is 1.28 bits per heavy atom. The molecule has 0 spiro atoms. The van der Waals surface area contributed by atoms with Crippen molar-refractivity contribution in [2.24, 2.45) is 0 Å². The average molecular weight is 270 g/mol. The maximum Gasteiger partial charge on any atom is 0.384 e. The maximum absolute atomic E-state index is 11.2. The minimum atomic E-state index is -1.83. The Kier molecular flexibility index (Phi) is 6.65. The minimum absolute atomic E-state index is 0.145. The highest BCUT2D eigenvalue weighted by Crippen LogP contribution is 2.37. The van der Waals surface area contributed by atoms with E-state index in [4.69, 9.17) is 9.16 Å². The first-order valence-electron chi connectivity index (χ1n) is 6.50. The van der Waals surface area contributed by atoms with Gasteiger partial charge < -0.3 is 9.16 Å². The third kappa shape index (κ3) is 5.70. The van der Waals surface area contributed by atoms with Gasteiger partial charge in [-0.1, -0.05) is 33.6 Å². The van der Waals surface area contributed by atoms with E-state index in [9.17, 15) is 4.79 Å². The zero-order valence-electron chi connectivity index (χ0n) is 12.7. The van der Waals surface area contributed by atoms with Crippen molar-refractivity contribution < 1.29 is 14.0 Å². The van der Waals surface area contributed by atoms with Gasteiger partial charge in [-0.3, -0.25) is 0 Å². The van der Waals surface area contributed by atoms with Crippen LogP contribution in [0.5, 0.6) is 0 Å². The summed E-state index contributed by atoms with van der Waals surface area (Å²) in [5.74, 6) is 4.89. The summed E-state index contributed by atoms with van der Waals surface area (Å²) in [5.41, 5.74) is 0. The first-order chi connectivity index (χ1) is 8.14. The largest absolute Gasteiger partial charge is 0.456 e. The van der Waals surface area contributed by atoms with Crippen LogP contribution in [0.3, 0.4) is 0 Å². The molecule has 1 atom stereocenters. The summed E-state index contributed by atoms with van der Waals surface area (Å²) in [6.07, 6.45) is 0.592. The van der Waals surface area contributed by atoms with Crippen LogP contribution in [0.4, 0.5) is 0 Å². The van der Waals surface area contributed by atoms with E-state index >= 15 is 0 Å². The van der Waals surface area contributed by atoms with Crippen LogP contribution in [-0.4, -0.2) is 27.0 Å². The second kappa shape index (κ2) is 6.96. The average Bonchev–Trinajstić information content (AvgIpc) is 2.22. The minimum Gasteiger partial charge on any atom is -0.456 e. The Bertz CT molecular complexity index is 331. The van der Waals surface area contributed by atoms with E-state index in [0.29, 0.717) is 6.61 Å². The van der Waals surface area contributed by atoms with Crippen molar-refractivity contribution in [2.45, 2.75) is 65.3 Å². The van der Waals surface area contributed by atoms with Crippen LogP contribution >= 0.6 is 0 Å². The van der Waals surface area contributed by atoms with Gasteiger partial charge >= 0.3 is 5.97 Å². The van der Waals surface area contributed by atoms with E-state index < -0.39 is 14.3 Å². The van der Waals surface area contributed by atoms with Gasteiger partial charge in [0.2, 0.25) is 0 Å². The van der Waals surface area contributed by atoms with Gasteiger partial charge in [0.15, 0.2) is 8.32 Å². The molecule has 0 saturated heterocycles. The third-order valence-corrected chi connectivity index (χ3v) is 7.71. The molecule has 0 fully saturated rings. The van der Waals surface area contributed by atoms with Gasteiger partial charge in [-0.25, -0.2) is 4.79 Å². The smallest absolute Gasteiger partial charge is 0.384 e. The van der Waals surface area contributed by atoms with Gasteiger partial charge in [0.25, 0.3) is 0 Å². The molecular formula is C14H26O3Si. The molecule has 0 radical (unpaired) electrons. The van der Waals surface area contributed by atoms with E-state index in [2.05, 4.69) is 45.7 Å². The highest BCUT2D eigenvalue weighted by Gasteiger charge is 2.38. The zero-order valence-corrected chi connectivity index (χ0v) is 13.7. The summed E-state index contributed by atoms with van der Waals surface area (Å²) in [6.45, 7) is 15.1. The molecule has 0 bridgehead atoms. The Morgan fingerprint density at radius 3 is 2.22 bits per heavy atom. The maximum atomic E-state index is 11.2. The first-order valence-corrected chi connectivity index (χ1v) is 9.41. The summed E-state index contributed by atoms with van der Waals surface area (Å²) in [5, 5.41) is 0.145. The highest BCUT2D eigenvalue weighted by molar-refractivity contribution is 6.74. The molecule has 0 rings (SSSR count). The van der Waals surface area contributed by atoms with Crippen molar-refractivity contribution in [3.8, 4) is 11.8 Å². The molecule has 0 aliphatic rings. The summed E-state index contributed by atoms with van der Waals surface area (Å²) in [4.78, 5) is 11.2. The fourth-order valence-corrected chi connectivity index (χ4v) is 2.34. The van der Waals surface area contributed by atoms with Gasteiger partial charge in [0.1, 0.15) is 6.10 Å². The van der Waals surface area contributed by atoms with Gasteiger partial charge in [-0.05, 0) is 31.5 Å². The Morgan fingerprint density at radius 2 is 1.83 bits per heavy atom. The van der Waals surface area contributed by atoms with E-state index in [0.717, 1.165) is 6.42 Å². The van der Waals surface area contributed by atoms with Gasteiger partial charge in [-0.2, -0.15) is 0 Å². The number of rotatable bonds is 4. The highest BCUT2D eigenvalue weighted by atomic mass is 28.4. The van der Waals surface area contributed by atoms with Crippen molar-refractivity contribution in [1.82, 2.24) is 0 Å². The summed E-state index contributed by atoms with van der Waals surface area (Å²) in [6, 6.07) is 0.